The predicted molar refractivity (Wildman–Crippen MR) is 88.0 cm³/mol. The van der Waals surface area contributed by atoms with Crippen molar-refractivity contribution < 1.29 is 5.11 Å². The Kier molecular flexibility index (Phi) is 5.27. The summed E-state index contributed by atoms with van der Waals surface area (Å²) in [6, 6.07) is 9.21. The maximum absolute atomic E-state index is 10.00. The molecule has 2 N–H and O–H groups in total. The van der Waals surface area contributed by atoms with Crippen LogP contribution >= 0.6 is 15.9 Å². The molecule has 1 aromatic carbocycles. The van der Waals surface area contributed by atoms with E-state index in [0.717, 1.165) is 17.4 Å². The highest BCUT2D eigenvalue weighted by Gasteiger charge is 2.30. The third kappa shape index (κ3) is 4.87. The number of aliphatic hydroxyl groups is 1. The molecule has 1 unspecified atom stereocenters. The van der Waals surface area contributed by atoms with Crippen molar-refractivity contribution >= 4 is 15.9 Å². The molecule has 112 valence electrons. The Morgan fingerprint density at radius 1 is 1.25 bits per heavy atom. The minimum Gasteiger partial charge on any atom is -0.392 e. The van der Waals surface area contributed by atoms with Gasteiger partial charge in [-0.1, -0.05) is 48.8 Å². The first-order valence-corrected chi connectivity index (χ1v) is 8.30. The molecule has 2 nitrogen and oxygen atoms in total. The summed E-state index contributed by atoms with van der Waals surface area (Å²) < 4.78 is 1.14. The highest BCUT2D eigenvalue weighted by molar-refractivity contribution is 9.10. The largest absolute Gasteiger partial charge is 0.392 e. The molecule has 0 heterocycles. The van der Waals surface area contributed by atoms with Gasteiger partial charge in [-0.25, -0.2) is 0 Å². The summed E-state index contributed by atoms with van der Waals surface area (Å²) in [5.74, 6) is 0.681. The van der Waals surface area contributed by atoms with Gasteiger partial charge in [-0.2, -0.15) is 0 Å². The zero-order chi connectivity index (χ0) is 14.8. The zero-order valence-corrected chi connectivity index (χ0v) is 14.3. The number of hydrogen-bond acceptors (Lipinski definition) is 2. The molecule has 1 aliphatic rings. The molecule has 3 heteroatoms. The van der Waals surface area contributed by atoms with Gasteiger partial charge in [0.1, 0.15) is 0 Å². The first kappa shape index (κ1) is 16.0. The molecule has 0 amide bonds. The Hall–Kier alpha value is -0.380. The van der Waals surface area contributed by atoms with Gasteiger partial charge in [-0.3, -0.25) is 0 Å². The monoisotopic (exact) mass is 339 g/mol. The minimum atomic E-state index is -0.235. The fraction of sp³-hybridized carbons (Fsp3) is 0.647. The summed E-state index contributed by atoms with van der Waals surface area (Å²) in [5.41, 5.74) is 1.63. The average molecular weight is 340 g/mol. The molecule has 1 saturated carbocycles. The lowest BCUT2D eigenvalue weighted by molar-refractivity contribution is 0.110. The van der Waals surface area contributed by atoms with Gasteiger partial charge in [0.2, 0.25) is 0 Å². The van der Waals surface area contributed by atoms with Crippen molar-refractivity contribution in [1.82, 2.24) is 5.32 Å². The van der Waals surface area contributed by atoms with Crippen LogP contribution in [0.1, 0.15) is 51.5 Å². The summed E-state index contributed by atoms with van der Waals surface area (Å²) in [7, 11) is 0. The van der Waals surface area contributed by atoms with Gasteiger partial charge < -0.3 is 10.4 Å². The van der Waals surface area contributed by atoms with Crippen molar-refractivity contribution in [1.29, 1.82) is 0 Å². The van der Waals surface area contributed by atoms with Gasteiger partial charge in [0.15, 0.2) is 0 Å². The number of halogens is 1. The fourth-order valence-electron chi connectivity index (χ4n) is 2.87. The van der Waals surface area contributed by atoms with Crippen molar-refractivity contribution in [2.45, 2.75) is 58.1 Å². The van der Waals surface area contributed by atoms with Crippen LogP contribution in [0.25, 0.3) is 0 Å². The van der Waals surface area contributed by atoms with E-state index in [9.17, 15) is 5.11 Å². The lowest BCUT2D eigenvalue weighted by Crippen LogP contribution is -2.43. The minimum absolute atomic E-state index is 0.195. The lowest BCUT2D eigenvalue weighted by atomic mass is 9.76. The second-order valence-electron chi connectivity index (χ2n) is 7.24. The Morgan fingerprint density at radius 2 is 1.85 bits per heavy atom. The number of aliphatic hydroxyl groups excluding tert-OH is 1. The fourth-order valence-corrected chi connectivity index (χ4v) is 3.14. The van der Waals surface area contributed by atoms with Crippen molar-refractivity contribution in [2.75, 3.05) is 6.54 Å². The number of hydrogen-bond donors (Lipinski definition) is 2. The lowest BCUT2D eigenvalue weighted by Gasteiger charge is -2.37. The molecule has 0 bridgehead atoms. The van der Waals surface area contributed by atoms with Crippen LogP contribution in [0.2, 0.25) is 0 Å². The summed E-state index contributed by atoms with van der Waals surface area (Å²) in [4.78, 5) is 0. The highest BCUT2D eigenvalue weighted by Crippen LogP contribution is 2.37. The van der Waals surface area contributed by atoms with E-state index in [2.05, 4.69) is 66.3 Å². The van der Waals surface area contributed by atoms with Crippen molar-refractivity contribution in [3.05, 3.63) is 34.3 Å². The third-order valence-electron chi connectivity index (χ3n) is 3.97. The van der Waals surface area contributed by atoms with Gasteiger partial charge in [0.25, 0.3) is 0 Å². The second kappa shape index (κ2) is 6.59. The van der Waals surface area contributed by atoms with E-state index in [0.29, 0.717) is 12.0 Å². The predicted octanol–water partition coefficient (Wildman–Crippen LogP) is 4.08. The van der Waals surface area contributed by atoms with Crippen LogP contribution in [0.3, 0.4) is 0 Å². The van der Waals surface area contributed by atoms with E-state index in [1.54, 1.807) is 0 Å². The first-order chi connectivity index (χ1) is 9.33. The number of nitrogens with one attached hydrogen (secondary N) is 1. The summed E-state index contributed by atoms with van der Waals surface area (Å²) >= 11 is 3.47. The molecule has 0 radical (unpaired) electrons. The zero-order valence-electron chi connectivity index (χ0n) is 12.7. The first-order valence-electron chi connectivity index (χ1n) is 7.50. The molecule has 20 heavy (non-hydrogen) atoms. The number of benzene rings is 1. The molecule has 0 aliphatic heterocycles. The normalized spacial score (nSPS) is 24.2. The molecule has 1 fully saturated rings. The Morgan fingerprint density at radius 3 is 2.40 bits per heavy atom. The molecule has 1 atom stereocenters. The van der Waals surface area contributed by atoms with Crippen LogP contribution in [-0.2, 0) is 0 Å². The average Bonchev–Trinajstić information content (AvgIpc) is 2.27. The highest BCUT2D eigenvalue weighted by atomic mass is 79.9. The molecule has 0 spiro atoms. The van der Waals surface area contributed by atoms with E-state index < -0.39 is 0 Å². The van der Waals surface area contributed by atoms with Crippen LogP contribution in [0.4, 0.5) is 0 Å². The SMILES string of the molecule is CC(C)(C)CC(O)CNC1CC(c2ccc(Br)cc2)C1. The Balaban J connectivity index is 1.68. The molecular formula is C17H26BrNO. The van der Waals surface area contributed by atoms with Crippen LogP contribution < -0.4 is 5.32 Å². The van der Waals surface area contributed by atoms with E-state index in [-0.39, 0.29) is 11.5 Å². The van der Waals surface area contributed by atoms with E-state index >= 15 is 0 Å². The summed E-state index contributed by atoms with van der Waals surface area (Å²) in [5, 5.41) is 13.5. The topological polar surface area (TPSA) is 32.3 Å². The van der Waals surface area contributed by atoms with Gasteiger partial charge in [-0.05, 0) is 48.3 Å². The number of rotatable bonds is 5. The van der Waals surface area contributed by atoms with E-state index in [1.165, 1.54) is 18.4 Å². The van der Waals surface area contributed by atoms with Crippen LogP contribution in [0.15, 0.2) is 28.7 Å². The summed E-state index contributed by atoms with van der Waals surface area (Å²) in [6.07, 6.45) is 2.98. The molecular weight excluding hydrogens is 314 g/mol. The van der Waals surface area contributed by atoms with E-state index in [4.69, 9.17) is 0 Å². The quantitative estimate of drug-likeness (QED) is 0.846. The third-order valence-corrected chi connectivity index (χ3v) is 4.50. The van der Waals surface area contributed by atoms with Gasteiger partial charge >= 0.3 is 0 Å². The molecule has 0 aromatic heterocycles. The smallest absolute Gasteiger partial charge is 0.0669 e. The molecule has 0 saturated heterocycles. The van der Waals surface area contributed by atoms with Gasteiger partial charge in [0, 0.05) is 17.1 Å². The molecule has 1 aliphatic carbocycles. The van der Waals surface area contributed by atoms with Gasteiger partial charge in [-0.15, -0.1) is 0 Å². The van der Waals surface area contributed by atoms with Crippen LogP contribution in [-0.4, -0.2) is 23.8 Å². The maximum atomic E-state index is 10.00. The Labute approximate surface area is 131 Å². The van der Waals surface area contributed by atoms with Crippen molar-refractivity contribution in [3.63, 3.8) is 0 Å². The molecule has 1 aromatic rings. The van der Waals surface area contributed by atoms with Crippen LogP contribution in [0, 0.1) is 5.41 Å². The summed E-state index contributed by atoms with van der Waals surface area (Å²) in [6.45, 7) is 7.23. The van der Waals surface area contributed by atoms with Crippen molar-refractivity contribution in [3.8, 4) is 0 Å². The Bertz CT molecular complexity index is 418. The molecule has 2 rings (SSSR count). The van der Waals surface area contributed by atoms with Crippen molar-refractivity contribution in [2.24, 2.45) is 5.41 Å². The van der Waals surface area contributed by atoms with Gasteiger partial charge in [0.05, 0.1) is 6.10 Å². The second-order valence-corrected chi connectivity index (χ2v) is 8.16. The maximum Gasteiger partial charge on any atom is 0.0669 e. The standard InChI is InChI=1S/C17H26BrNO/c1-17(2,3)10-16(20)11-19-15-8-13(9-15)12-4-6-14(18)7-5-12/h4-7,13,15-16,19-20H,8-11H2,1-3H3. The van der Waals surface area contributed by atoms with Crippen LogP contribution in [0.5, 0.6) is 0 Å². The van der Waals surface area contributed by atoms with E-state index in [1.807, 2.05) is 0 Å².